The maximum absolute atomic E-state index is 11.2. The van der Waals surface area contributed by atoms with E-state index in [0.717, 1.165) is 35.3 Å². The lowest BCUT2D eigenvalue weighted by Crippen LogP contribution is -2.40. The van der Waals surface area contributed by atoms with Crippen LogP contribution in [0.2, 0.25) is 0 Å². The highest BCUT2D eigenvalue weighted by molar-refractivity contribution is 5.68. The van der Waals surface area contributed by atoms with E-state index in [-0.39, 0.29) is 18.2 Å². The molecule has 5 heteroatoms. The minimum Gasteiger partial charge on any atom is -0.468 e. The number of nitrogens with one attached hydrogen (secondary N) is 1. The predicted molar refractivity (Wildman–Crippen MR) is 100 cm³/mol. The molecule has 1 aliphatic rings. The van der Waals surface area contributed by atoms with Crippen molar-refractivity contribution in [3.05, 3.63) is 53.6 Å². The van der Waals surface area contributed by atoms with Crippen molar-refractivity contribution in [1.29, 1.82) is 0 Å². The molecule has 3 rings (SSSR count). The molecule has 0 aromatic heterocycles. The van der Waals surface area contributed by atoms with Crippen molar-refractivity contribution >= 4 is 6.09 Å². The van der Waals surface area contributed by atoms with Gasteiger partial charge < -0.3 is 19.9 Å². The zero-order valence-electron chi connectivity index (χ0n) is 15.4. The number of hydrogen-bond donors (Lipinski definition) is 2. The number of hydrogen-bond acceptors (Lipinski definition) is 3. The van der Waals surface area contributed by atoms with Gasteiger partial charge in [0.15, 0.2) is 6.79 Å². The largest absolute Gasteiger partial charge is 0.468 e. The molecule has 0 fully saturated rings. The Kier molecular flexibility index (Phi) is 5.18. The zero-order chi connectivity index (χ0) is 18.7. The standard InChI is InChI=1S/C21H25NO4/c1-21(2)10-9-16-11-15(7-8-18(16)19(21)22-20(23)24)14-5-4-6-17(12-14)26-13-25-3/h4-8,11-12,19,22H,9-10,13H2,1-3H3,(H,23,24)/t19-/m1/s1. The van der Waals surface area contributed by atoms with Crippen LogP contribution in [-0.2, 0) is 11.2 Å². The topological polar surface area (TPSA) is 67.8 Å². The molecule has 2 aromatic rings. The smallest absolute Gasteiger partial charge is 0.405 e. The number of benzene rings is 2. The van der Waals surface area contributed by atoms with Gasteiger partial charge in [-0.3, -0.25) is 0 Å². The second-order valence-electron chi connectivity index (χ2n) is 7.36. The van der Waals surface area contributed by atoms with Gasteiger partial charge in [0.1, 0.15) is 5.75 Å². The summed E-state index contributed by atoms with van der Waals surface area (Å²) >= 11 is 0. The molecule has 0 heterocycles. The molecule has 1 amide bonds. The SMILES string of the molecule is COCOc1cccc(-c2ccc3c(c2)CCC(C)(C)[C@@H]3NC(=O)O)c1. The van der Waals surface area contributed by atoms with Gasteiger partial charge in [-0.15, -0.1) is 0 Å². The summed E-state index contributed by atoms with van der Waals surface area (Å²) < 4.78 is 10.5. The molecule has 5 nitrogen and oxygen atoms in total. The van der Waals surface area contributed by atoms with Crippen LogP contribution in [0.4, 0.5) is 4.79 Å². The first-order valence-electron chi connectivity index (χ1n) is 8.75. The van der Waals surface area contributed by atoms with E-state index < -0.39 is 6.09 Å². The van der Waals surface area contributed by atoms with Crippen LogP contribution in [0.1, 0.15) is 37.4 Å². The molecule has 2 aromatic carbocycles. The summed E-state index contributed by atoms with van der Waals surface area (Å²) in [6.07, 6.45) is 0.891. The summed E-state index contributed by atoms with van der Waals surface area (Å²) in [7, 11) is 1.59. The first-order valence-corrected chi connectivity index (χ1v) is 8.75. The van der Waals surface area contributed by atoms with Crippen LogP contribution in [0.25, 0.3) is 11.1 Å². The average molecular weight is 355 g/mol. The number of ether oxygens (including phenoxy) is 2. The van der Waals surface area contributed by atoms with Crippen LogP contribution in [0, 0.1) is 5.41 Å². The van der Waals surface area contributed by atoms with Gasteiger partial charge in [0.05, 0.1) is 6.04 Å². The quantitative estimate of drug-likeness (QED) is 0.768. The normalized spacial score (nSPS) is 18.0. The summed E-state index contributed by atoms with van der Waals surface area (Å²) in [6, 6.07) is 13.9. The van der Waals surface area contributed by atoms with Gasteiger partial charge >= 0.3 is 6.09 Å². The van der Waals surface area contributed by atoms with E-state index in [2.05, 4.69) is 31.3 Å². The molecular weight excluding hydrogens is 330 g/mol. The maximum atomic E-state index is 11.2. The average Bonchev–Trinajstić information content (AvgIpc) is 2.62. The van der Waals surface area contributed by atoms with Crippen molar-refractivity contribution in [2.75, 3.05) is 13.9 Å². The molecule has 0 bridgehead atoms. The van der Waals surface area contributed by atoms with E-state index >= 15 is 0 Å². The minimum atomic E-state index is -0.983. The van der Waals surface area contributed by atoms with Crippen LogP contribution in [0.3, 0.4) is 0 Å². The molecule has 0 aliphatic heterocycles. The molecule has 0 unspecified atom stereocenters. The van der Waals surface area contributed by atoms with Crippen molar-refractivity contribution in [1.82, 2.24) is 5.32 Å². The number of carbonyl (C=O) groups is 1. The minimum absolute atomic E-state index is 0.110. The lowest BCUT2D eigenvalue weighted by Gasteiger charge is -2.40. The van der Waals surface area contributed by atoms with Crippen molar-refractivity contribution in [2.45, 2.75) is 32.7 Å². The first kappa shape index (κ1) is 18.3. The molecule has 26 heavy (non-hydrogen) atoms. The van der Waals surface area contributed by atoms with Gasteiger partial charge in [0, 0.05) is 7.11 Å². The number of rotatable bonds is 5. The fraction of sp³-hybridized carbons (Fsp3) is 0.381. The summed E-state index contributed by atoms with van der Waals surface area (Å²) in [5.41, 5.74) is 4.32. The fourth-order valence-corrected chi connectivity index (χ4v) is 3.59. The van der Waals surface area contributed by atoms with Crippen LogP contribution >= 0.6 is 0 Å². The molecule has 1 aliphatic carbocycles. The zero-order valence-corrected chi connectivity index (χ0v) is 15.4. The van der Waals surface area contributed by atoms with Gasteiger partial charge in [-0.1, -0.05) is 44.2 Å². The van der Waals surface area contributed by atoms with Crippen molar-refractivity contribution in [3.63, 3.8) is 0 Å². The monoisotopic (exact) mass is 355 g/mol. The third kappa shape index (κ3) is 3.83. The van der Waals surface area contributed by atoms with E-state index in [1.165, 1.54) is 5.56 Å². The van der Waals surface area contributed by atoms with Crippen molar-refractivity contribution in [2.24, 2.45) is 5.41 Å². The van der Waals surface area contributed by atoms with Gasteiger partial charge in [-0.25, -0.2) is 4.79 Å². The van der Waals surface area contributed by atoms with Crippen LogP contribution in [0.5, 0.6) is 5.75 Å². The Balaban J connectivity index is 1.93. The molecule has 2 N–H and O–H groups in total. The Morgan fingerprint density at radius 2 is 2.00 bits per heavy atom. The van der Waals surface area contributed by atoms with Gasteiger partial charge in [-0.05, 0) is 52.6 Å². The molecule has 0 saturated heterocycles. The Hall–Kier alpha value is -2.53. The van der Waals surface area contributed by atoms with Crippen LogP contribution in [0.15, 0.2) is 42.5 Å². The Labute approximate surface area is 153 Å². The Bertz CT molecular complexity index is 800. The Morgan fingerprint density at radius 3 is 2.73 bits per heavy atom. The lowest BCUT2D eigenvalue weighted by molar-refractivity contribution is 0.0511. The summed E-state index contributed by atoms with van der Waals surface area (Å²) in [4.78, 5) is 11.2. The fourth-order valence-electron chi connectivity index (χ4n) is 3.59. The maximum Gasteiger partial charge on any atom is 0.405 e. The van der Waals surface area contributed by atoms with Gasteiger partial charge in [0.25, 0.3) is 0 Å². The first-order chi connectivity index (χ1) is 12.4. The third-order valence-electron chi connectivity index (χ3n) is 5.05. The molecule has 0 saturated carbocycles. The third-order valence-corrected chi connectivity index (χ3v) is 5.05. The molecular formula is C21H25NO4. The van der Waals surface area contributed by atoms with Crippen molar-refractivity contribution in [3.8, 4) is 16.9 Å². The van der Waals surface area contributed by atoms with E-state index in [0.29, 0.717) is 0 Å². The molecule has 138 valence electrons. The lowest BCUT2D eigenvalue weighted by atomic mass is 9.70. The summed E-state index contributed by atoms with van der Waals surface area (Å²) in [5.74, 6) is 0.758. The van der Waals surface area contributed by atoms with Gasteiger partial charge in [0.2, 0.25) is 0 Å². The molecule has 1 atom stereocenters. The Morgan fingerprint density at radius 1 is 1.23 bits per heavy atom. The highest BCUT2D eigenvalue weighted by Gasteiger charge is 2.37. The van der Waals surface area contributed by atoms with E-state index in [9.17, 15) is 9.90 Å². The van der Waals surface area contributed by atoms with E-state index in [1.54, 1.807) is 7.11 Å². The second-order valence-corrected chi connectivity index (χ2v) is 7.36. The number of fused-ring (bicyclic) bond motifs is 1. The highest BCUT2D eigenvalue weighted by Crippen LogP contribution is 2.44. The number of methoxy groups -OCH3 is 1. The van der Waals surface area contributed by atoms with Crippen molar-refractivity contribution < 1.29 is 19.4 Å². The summed E-state index contributed by atoms with van der Waals surface area (Å²) in [5, 5.41) is 11.9. The van der Waals surface area contributed by atoms with Gasteiger partial charge in [-0.2, -0.15) is 0 Å². The van der Waals surface area contributed by atoms with E-state index in [4.69, 9.17) is 9.47 Å². The number of carboxylic acid groups (broad SMARTS) is 1. The highest BCUT2D eigenvalue weighted by atomic mass is 16.7. The molecule has 0 spiro atoms. The van der Waals surface area contributed by atoms with Crippen LogP contribution < -0.4 is 10.1 Å². The number of aryl methyl sites for hydroxylation is 1. The predicted octanol–water partition coefficient (Wildman–Crippen LogP) is 4.62. The van der Waals surface area contributed by atoms with E-state index in [1.807, 2.05) is 30.3 Å². The van der Waals surface area contributed by atoms with Crippen LogP contribution in [-0.4, -0.2) is 25.1 Å². The number of amides is 1. The molecule has 0 radical (unpaired) electrons. The second kappa shape index (κ2) is 7.38. The summed E-state index contributed by atoms with van der Waals surface area (Å²) in [6.45, 7) is 4.44.